The summed E-state index contributed by atoms with van der Waals surface area (Å²) in [4.78, 5) is 39.1. The van der Waals surface area contributed by atoms with Crippen LogP contribution in [0.1, 0.15) is 42.5 Å². The number of halogens is 2. The zero-order chi connectivity index (χ0) is 24.2. The zero-order valence-corrected chi connectivity index (χ0v) is 18.7. The number of hydrogen-bond acceptors (Lipinski definition) is 5. The van der Waals surface area contributed by atoms with Crippen LogP contribution in [0.4, 0.5) is 20.2 Å². The van der Waals surface area contributed by atoms with Gasteiger partial charge in [0.05, 0.1) is 25.0 Å². The summed E-state index contributed by atoms with van der Waals surface area (Å²) in [6.07, 6.45) is 2.62. The number of rotatable bonds is 8. The second-order valence-electron chi connectivity index (χ2n) is 8.18. The molecule has 2 aromatic carbocycles. The first-order valence-electron chi connectivity index (χ1n) is 11.1. The van der Waals surface area contributed by atoms with E-state index in [1.54, 1.807) is 17.0 Å². The van der Waals surface area contributed by atoms with E-state index in [0.717, 1.165) is 18.6 Å². The van der Waals surface area contributed by atoms with Crippen LogP contribution in [0.2, 0.25) is 0 Å². The normalized spacial score (nSPS) is 16.9. The molecule has 4 rings (SSSR count). The summed E-state index contributed by atoms with van der Waals surface area (Å²) < 4.78 is 37.4. The van der Waals surface area contributed by atoms with Crippen molar-refractivity contribution in [1.29, 1.82) is 0 Å². The molecule has 1 atom stereocenters. The van der Waals surface area contributed by atoms with Gasteiger partial charge in [-0.1, -0.05) is 0 Å². The van der Waals surface area contributed by atoms with Gasteiger partial charge in [0, 0.05) is 30.8 Å². The fourth-order valence-corrected chi connectivity index (χ4v) is 4.13. The molecule has 34 heavy (non-hydrogen) atoms. The highest BCUT2D eigenvalue weighted by atomic mass is 19.2. The molecule has 0 bridgehead atoms. The maximum atomic E-state index is 13.2. The molecule has 180 valence electrons. The molecular formula is C24H25F2N3O5. The Morgan fingerprint density at radius 1 is 1.15 bits per heavy atom. The lowest BCUT2D eigenvalue weighted by molar-refractivity contribution is -0.119. The van der Waals surface area contributed by atoms with E-state index in [1.165, 1.54) is 13.2 Å². The summed E-state index contributed by atoms with van der Waals surface area (Å²) in [6, 6.07) is 5.86. The van der Waals surface area contributed by atoms with Gasteiger partial charge in [-0.25, -0.2) is 8.78 Å². The number of hydrogen-bond donors (Lipinski definition) is 2. The molecule has 1 saturated heterocycles. The number of carbonyl (C=O) groups is 3. The van der Waals surface area contributed by atoms with Crippen molar-refractivity contribution in [2.45, 2.75) is 38.1 Å². The van der Waals surface area contributed by atoms with Crippen molar-refractivity contribution >= 4 is 29.1 Å². The maximum Gasteiger partial charge on any atom is 0.256 e. The molecule has 8 nitrogen and oxygen atoms in total. The van der Waals surface area contributed by atoms with Gasteiger partial charge in [0.15, 0.2) is 23.1 Å². The summed E-state index contributed by atoms with van der Waals surface area (Å²) in [5.74, 6) is -2.01. The van der Waals surface area contributed by atoms with Gasteiger partial charge < -0.3 is 25.0 Å². The Hall–Kier alpha value is -3.69. The lowest BCUT2D eigenvalue weighted by atomic mass is 10.1. The zero-order valence-electron chi connectivity index (χ0n) is 18.7. The van der Waals surface area contributed by atoms with Crippen LogP contribution in [0.25, 0.3) is 0 Å². The molecule has 2 N–H and O–H groups in total. The van der Waals surface area contributed by atoms with Crippen LogP contribution in [0.3, 0.4) is 0 Å². The van der Waals surface area contributed by atoms with Crippen LogP contribution >= 0.6 is 0 Å². The highest BCUT2D eigenvalue weighted by Gasteiger charge is 2.39. The third kappa shape index (κ3) is 4.95. The standard InChI is InChI=1S/C24H25F2N3O5/c1-33-20-12-15-18(28-23(31)19-5-4-9-29(19)24(15)32)13-21(20)34-10-3-2-6-22(30)27-14-7-8-16(25)17(26)11-14/h7-8,11-13,19H,2-6,9-10H2,1H3,(H,27,30)(H,28,31)/t19-/m0/s1. The minimum atomic E-state index is -1.03. The van der Waals surface area contributed by atoms with Gasteiger partial charge in [0.25, 0.3) is 5.91 Å². The van der Waals surface area contributed by atoms with Crippen LogP contribution in [-0.2, 0) is 9.59 Å². The fraction of sp³-hybridized carbons (Fsp3) is 0.375. The Bertz CT molecular complexity index is 1120. The first-order valence-corrected chi connectivity index (χ1v) is 11.1. The van der Waals surface area contributed by atoms with E-state index < -0.39 is 17.7 Å². The van der Waals surface area contributed by atoms with Gasteiger partial charge in [-0.2, -0.15) is 0 Å². The van der Waals surface area contributed by atoms with Crippen molar-refractivity contribution in [3.63, 3.8) is 0 Å². The van der Waals surface area contributed by atoms with Gasteiger partial charge in [-0.3, -0.25) is 14.4 Å². The molecule has 0 saturated carbocycles. The Labute approximate surface area is 195 Å². The summed E-state index contributed by atoms with van der Waals surface area (Å²) in [5.41, 5.74) is 0.925. The van der Waals surface area contributed by atoms with Crippen molar-refractivity contribution in [2.75, 3.05) is 30.9 Å². The monoisotopic (exact) mass is 473 g/mol. The van der Waals surface area contributed by atoms with Crippen molar-refractivity contribution in [3.8, 4) is 11.5 Å². The summed E-state index contributed by atoms with van der Waals surface area (Å²) in [5, 5.41) is 5.34. The molecular weight excluding hydrogens is 448 g/mol. The van der Waals surface area contributed by atoms with E-state index in [1.807, 2.05) is 0 Å². The molecule has 0 spiro atoms. The molecule has 2 aliphatic heterocycles. The first-order chi connectivity index (χ1) is 16.4. The molecule has 0 aromatic heterocycles. The van der Waals surface area contributed by atoms with Crippen LogP contribution in [-0.4, -0.2) is 48.9 Å². The number of ether oxygens (including phenoxy) is 2. The van der Waals surface area contributed by atoms with Gasteiger partial charge in [-0.15, -0.1) is 0 Å². The van der Waals surface area contributed by atoms with Gasteiger partial charge >= 0.3 is 0 Å². The van der Waals surface area contributed by atoms with Crippen molar-refractivity contribution < 1.29 is 32.6 Å². The van der Waals surface area contributed by atoms with E-state index >= 15 is 0 Å². The minimum absolute atomic E-state index is 0.172. The Balaban J connectivity index is 1.32. The topological polar surface area (TPSA) is 97.0 Å². The number of amides is 3. The Morgan fingerprint density at radius 2 is 1.97 bits per heavy atom. The molecule has 3 amide bonds. The van der Waals surface area contributed by atoms with Crippen molar-refractivity contribution in [1.82, 2.24) is 4.90 Å². The summed E-state index contributed by atoms with van der Waals surface area (Å²) >= 11 is 0. The molecule has 2 heterocycles. The number of methoxy groups -OCH3 is 1. The van der Waals surface area contributed by atoms with E-state index in [0.29, 0.717) is 48.6 Å². The van der Waals surface area contributed by atoms with Gasteiger partial charge in [-0.05, 0) is 43.9 Å². The van der Waals surface area contributed by atoms with E-state index in [2.05, 4.69) is 10.6 Å². The predicted octanol–water partition coefficient (Wildman–Crippen LogP) is 3.72. The average Bonchev–Trinajstić information content (AvgIpc) is 3.28. The minimum Gasteiger partial charge on any atom is -0.493 e. The lowest BCUT2D eigenvalue weighted by Gasteiger charge is -2.20. The smallest absolute Gasteiger partial charge is 0.256 e. The van der Waals surface area contributed by atoms with Crippen LogP contribution in [0.5, 0.6) is 11.5 Å². The predicted molar refractivity (Wildman–Crippen MR) is 120 cm³/mol. The second-order valence-corrected chi connectivity index (χ2v) is 8.18. The average molecular weight is 473 g/mol. The van der Waals surface area contributed by atoms with Crippen LogP contribution < -0.4 is 20.1 Å². The van der Waals surface area contributed by atoms with Gasteiger partial charge in [0.2, 0.25) is 11.8 Å². The molecule has 0 unspecified atom stereocenters. The molecule has 2 aliphatic rings. The SMILES string of the molecule is COc1cc2c(cc1OCCCCC(=O)Nc1ccc(F)c(F)c1)NC(=O)[C@@H]1CCCN1C2=O. The summed E-state index contributed by atoms with van der Waals surface area (Å²) in [6.45, 7) is 0.810. The third-order valence-electron chi connectivity index (χ3n) is 5.87. The highest BCUT2D eigenvalue weighted by Crippen LogP contribution is 2.37. The summed E-state index contributed by atoms with van der Waals surface area (Å²) in [7, 11) is 1.47. The number of nitrogens with zero attached hydrogens (tertiary/aromatic N) is 1. The molecule has 2 aromatic rings. The number of carbonyl (C=O) groups excluding carboxylic acids is 3. The number of benzene rings is 2. The van der Waals surface area contributed by atoms with Crippen LogP contribution in [0, 0.1) is 11.6 Å². The number of nitrogens with one attached hydrogen (secondary N) is 2. The quantitative estimate of drug-likeness (QED) is 0.570. The number of anilines is 2. The third-order valence-corrected chi connectivity index (χ3v) is 5.87. The molecule has 10 heteroatoms. The van der Waals surface area contributed by atoms with Crippen molar-refractivity contribution in [2.24, 2.45) is 0 Å². The molecule has 0 aliphatic carbocycles. The lowest BCUT2D eigenvalue weighted by Crippen LogP contribution is -2.40. The molecule has 1 fully saturated rings. The first kappa shape index (κ1) is 23.5. The van der Waals surface area contributed by atoms with E-state index in [9.17, 15) is 23.2 Å². The second kappa shape index (κ2) is 10.1. The molecule has 0 radical (unpaired) electrons. The Kier molecular flexibility index (Phi) is 6.95. The largest absolute Gasteiger partial charge is 0.493 e. The fourth-order valence-electron chi connectivity index (χ4n) is 4.13. The Morgan fingerprint density at radius 3 is 2.74 bits per heavy atom. The van der Waals surface area contributed by atoms with Gasteiger partial charge in [0.1, 0.15) is 6.04 Å². The van der Waals surface area contributed by atoms with E-state index in [-0.39, 0.29) is 36.4 Å². The van der Waals surface area contributed by atoms with E-state index in [4.69, 9.17) is 9.47 Å². The number of fused-ring (bicyclic) bond motifs is 2. The number of unbranched alkanes of at least 4 members (excludes halogenated alkanes) is 1. The van der Waals surface area contributed by atoms with Crippen molar-refractivity contribution in [3.05, 3.63) is 47.5 Å². The highest BCUT2D eigenvalue weighted by molar-refractivity contribution is 6.10. The maximum absolute atomic E-state index is 13.2. The van der Waals surface area contributed by atoms with Crippen LogP contribution in [0.15, 0.2) is 30.3 Å².